The number of likely N-dealkylation sites (tertiary alicyclic amines) is 1. The average Bonchev–Trinajstić information content (AvgIpc) is 3.39. The fraction of sp³-hybridized carbons (Fsp3) is 0.615. The second kappa shape index (κ2) is 11.8. The lowest BCUT2D eigenvalue weighted by atomic mass is 10.0. The largest absolute Gasteiger partial charge is 0.401 e. The number of hydrogen-bond acceptors (Lipinski definition) is 7. The van der Waals surface area contributed by atoms with Gasteiger partial charge in [0.2, 0.25) is 0 Å². The second-order valence-electron chi connectivity index (χ2n) is 10.4. The fourth-order valence-corrected chi connectivity index (χ4v) is 5.44. The molecule has 0 spiro atoms. The van der Waals surface area contributed by atoms with Crippen molar-refractivity contribution in [1.82, 2.24) is 19.8 Å². The zero-order chi connectivity index (χ0) is 29.1. The van der Waals surface area contributed by atoms with Crippen molar-refractivity contribution >= 4 is 21.8 Å². The molecule has 0 saturated carbocycles. The molecule has 3 aliphatic heterocycles. The van der Waals surface area contributed by atoms with Gasteiger partial charge in [-0.3, -0.25) is 14.3 Å². The first kappa shape index (κ1) is 29.9. The predicted octanol–water partition coefficient (Wildman–Crippen LogP) is 1.89. The van der Waals surface area contributed by atoms with E-state index in [1.807, 2.05) is 0 Å². The van der Waals surface area contributed by atoms with Crippen molar-refractivity contribution in [2.75, 3.05) is 39.0 Å². The van der Waals surface area contributed by atoms with Crippen molar-refractivity contribution in [3.8, 4) is 23.7 Å². The van der Waals surface area contributed by atoms with Gasteiger partial charge in [0.25, 0.3) is 5.91 Å². The lowest BCUT2D eigenvalue weighted by Gasteiger charge is -2.36. The Morgan fingerprint density at radius 2 is 2.00 bits per heavy atom. The van der Waals surface area contributed by atoms with Crippen LogP contribution in [0.25, 0.3) is 0 Å². The molecule has 1 N–H and O–H groups in total. The van der Waals surface area contributed by atoms with Gasteiger partial charge in [0.1, 0.15) is 0 Å². The number of nitrogens with one attached hydrogen (secondary N) is 1. The maximum atomic E-state index is 12.9. The van der Waals surface area contributed by atoms with Crippen LogP contribution in [0.2, 0.25) is 0 Å². The molecule has 3 aliphatic rings. The smallest absolute Gasteiger partial charge is 0.350 e. The normalized spacial score (nSPS) is 21.4. The van der Waals surface area contributed by atoms with Crippen LogP contribution in [-0.2, 0) is 30.8 Å². The molecule has 1 aromatic rings. The van der Waals surface area contributed by atoms with Crippen LogP contribution in [0.15, 0.2) is 12.3 Å². The summed E-state index contributed by atoms with van der Waals surface area (Å²) in [6.07, 6.45) is -0.148. The van der Waals surface area contributed by atoms with Gasteiger partial charge in [-0.25, -0.2) is 23.5 Å². The van der Waals surface area contributed by atoms with Crippen LogP contribution in [0.3, 0.4) is 0 Å². The van der Waals surface area contributed by atoms with Gasteiger partial charge < -0.3 is 9.64 Å². The summed E-state index contributed by atoms with van der Waals surface area (Å²) in [6.45, 7) is 1.57. The van der Waals surface area contributed by atoms with Crippen LogP contribution >= 0.6 is 0 Å². The van der Waals surface area contributed by atoms with E-state index >= 15 is 0 Å². The SMILES string of the molecule is CC(CCN1Cc2cc(C#CC#CC3CN(CC(F)(F)F)C3)cn2C1=O)(C(=O)NOC1CCCCO1)S(C)(=O)=O. The quantitative estimate of drug-likeness (QED) is 0.367. The minimum Gasteiger partial charge on any atom is -0.350 e. The molecule has 1 aromatic heterocycles. The standard InChI is InChI=1S/C26H31F3N4O6S/c1-25(40(2,36)37,23(34)30-39-22-9-5-6-12-38-22)10-11-32-17-21-13-19(16-33(21)24(32)35)7-3-4-8-20-14-31(15-20)18-26(27,28)29/h13,16,20,22H,5-6,9-12,14-15,17-18H2,1-2H3,(H,30,34). The van der Waals surface area contributed by atoms with Crippen molar-refractivity contribution < 1.29 is 40.8 Å². The van der Waals surface area contributed by atoms with E-state index in [1.54, 1.807) is 12.3 Å². The number of aromatic nitrogens is 1. The summed E-state index contributed by atoms with van der Waals surface area (Å²) < 4.78 is 67.2. The Kier molecular flexibility index (Phi) is 8.85. The number of hydroxylamine groups is 1. The highest BCUT2D eigenvalue weighted by Gasteiger charge is 2.45. The van der Waals surface area contributed by atoms with Gasteiger partial charge in [-0.15, -0.1) is 0 Å². The van der Waals surface area contributed by atoms with Crippen molar-refractivity contribution in [1.29, 1.82) is 0 Å². The Hall–Kier alpha value is -3.04. The Morgan fingerprint density at radius 3 is 2.62 bits per heavy atom. The first-order chi connectivity index (χ1) is 18.7. The van der Waals surface area contributed by atoms with Gasteiger partial charge in [0.15, 0.2) is 20.9 Å². The number of halogens is 3. The summed E-state index contributed by atoms with van der Waals surface area (Å²) in [6, 6.07) is 1.33. The third kappa shape index (κ3) is 7.18. The van der Waals surface area contributed by atoms with E-state index in [0.717, 1.165) is 19.1 Å². The van der Waals surface area contributed by atoms with Gasteiger partial charge in [-0.05, 0) is 44.1 Å². The van der Waals surface area contributed by atoms with Gasteiger partial charge in [0.05, 0.1) is 13.1 Å². The molecular weight excluding hydrogens is 553 g/mol. The van der Waals surface area contributed by atoms with E-state index < -0.39 is 39.5 Å². The molecule has 218 valence electrons. The monoisotopic (exact) mass is 584 g/mol. The minimum absolute atomic E-state index is 0.0106. The maximum Gasteiger partial charge on any atom is 0.401 e. The van der Waals surface area contributed by atoms with E-state index in [2.05, 4.69) is 29.2 Å². The second-order valence-corrected chi connectivity index (χ2v) is 12.9. The van der Waals surface area contributed by atoms with Crippen molar-refractivity contribution in [3.05, 3.63) is 23.5 Å². The number of amides is 2. The van der Waals surface area contributed by atoms with Crippen LogP contribution in [0.1, 0.15) is 43.9 Å². The summed E-state index contributed by atoms with van der Waals surface area (Å²) in [5.41, 5.74) is 3.42. The molecular formula is C26H31F3N4O6S. The van der Waals surface area contributed by atoms with Crippen LogP contribution in [0.4, 0.5) is 18.0 Å². The molecule has 4 heterocycles. The number of fused-ring (bicyclic) bond motifs is 1. The maximum absolute atomic E-state index is 12.9. The summed E-state index contributed by atoms with van der Waals surface area (Å²) in [5.74, 6) is 10.0. The molecule has 40 heavy (non-hydrogen) atoms. The number of sulfone groups is 1. The Balaban J connectivity index is 1.29. The lowest BCUT2D eigenvalue weighted by molar-refractivity contribution is -0.201. The van der Waals surface area contributed by atoms with Crippen LogP contribution in [0, 0.1) is 29.6 Å². The number of ether oxygens (including phenoxy) is 1. The number of alkyl halides is 3. The molecule has 0 aliphatic carbocycles. The van der Waals surface area contributed by atoms with Gasteiger partial charge in [0, 0.05) is 62.3 Å². The third-order valence-corrected chi connectivity index (χ3v) is 9.24. The van der Waals surface area contributed by atoms with E-state index in [-0.39, 0.29) is 44.5 Å². The molecule has 14 heteroatoms. The topological polar surface area (TPSA) is 110 Å². The van der Waals surface area contributed by atoms with Crippen molar-refractivity contribution in [2.45, 2.75) is 56.4 Å². The molecule has 0 radical (unpaired) electrons. The molecule has 2 atom stereocenters. The summed E-state index contributed by atoms with van der Waals surface area (Å²) >= 11 is 0. The molecule has 0 bridgehead atoms. The predicted molar refractivity (Wildman–Crippen MR) is 137 cm³/mol. The number of nitrogens with zero attached hydrogens (tertiary/aromatic N) is 3. The van der Waals surface area contributed by atoms with Crippen LogP contribution in [-0.4, -0.2) is 91.0 Å². The zero-order valence-corrected chi connectivity index (χ0v) is 23.0. The molecule has 2 amide bonds. The third-order valence-electron chi connectivity index (χ3n) is 7.21. The average molecular weight is 585 g/mol. The highest BCUT2D eigenvalue weighted by Crippen LogP contribution is 2.26. The summed E-state index contributed by atoms with van der Waals surface area (Å²) in [7, 11) is -3.88. The van der Waals surface area contributed by atoms with E-state index in [1.165, 1.54) is 21.3 Å². The zero-order valence-electron chi connectivity index (χ0n) is 22.2. The van der Waals surface area contributed by atoms with E-state index in [0.29, 0.717) is 24.3 Å². The Bertz CT molecular complexity index is 1360. The molecule has 2 saturated heterocycles. The highest BCUT2D eigenvalue weighted by molar-refractivity contribution is 7.92. The Morgan fingerprint density at radius 1 is 1.25 bits per heavy atom. The number of hydrogen-bond donors (Lipinski definition) is 1. The first-order valence-corrected chi connectivity index (χ1v) is 14.7. The number of carbonyl (C=O) groups is 2. The van der Waals surface area contributed by atoms with E-state index in [4.69, 9.17) is 9.57 Å². The molecule has 10 nitrogen and oxygen atoms in total. The number of rotatable bonds is 8. The molecule has 4 rings (SSSR count). The lowest BCUT2D eigenvalue weighted by Crippen LogP contribution is -2.52. The number of carbonyl (C=O) groups excluding carboxylic acids is 2. The molecule has 2 unspecified atom stereocenters. The summed E-state index contributed by atoms with van der Waals surface area (Å²) in [5, 5.41) is 0. The van der Waals surface area contributed by atoms with Gasteiger partial charge >= 0.3 is 12.2 Å². The van der Waals surface area contributed by atoms with Gasteiger partial charge in [-0.2, -0.15) is 13.2 Å². The van der Waals surface area contributed by atoms with Crippen LogP contribution < -0.4 is 5.48 Å². The Labute approximate surface area is 231 Å². The van der Waals surface area contributed by atoms with Crippen molar-refractivity contribution in [3.63, 3.8) is 0 Å². The first-order valence-electron chi connectivity index (χ1n) is 12.8. The fourth-order valence-electron chi connectivity index (χ4n) is 4.60. The van der Waals surface area contributed by atoms with E-state index in [9.17, 15) is 31.2 Å². The molecule has 2 fully saturated rings. The van der Waals surface area contributed by atoms with Gasteiger partial charge in [-0.1, -0.05) is 11.8 Å². The van der Waals surface area contributed by atoms with Crippen LogP contribution in [0.5, 0.6) is 0 Å². The summed E-state index contributed by atoms with van der Waals surface area (Å²) in [4.78, 5) is 33.8. The molecule has 0 aromatic carbocycles. The minimum atomic E-state index is -4.22. The van der Waals surface area contributed by atoms with Crippen molar-refractivity contribution in [2.24, 2.45) is 5.92 Å². The highest BCUT2D eigenvalue weighted by atomic mass is 32.2.